The lowest BCUT2D eigenvalue weighted by molar-refractivity contribution is -0.153. The number of nitrogens with one attached hydrogen (secondary N) is 2. The maximum atomic E-state index is 12.8. The van der Waals surface area contributed by atoms with Gasteiger partial charge in [-0.25, -0.2) is 4.79 Å². The van der Waals surface area contributed by atoms with Gasteiger partial charge in [-0.1, -0.05) is 18.2 Å². The zero-order valence-electron chi connectivity index (χ0n) is 13.5. The molecular weight excluding hydrogens is 310 g/mol. The molecular formula is C17H19N3O4. The summed E-state index contributed by atoms with van der Waals surface area (Å²) in [5.41, 5.74) is 0.573. The van der Waals surface area contributed by atoms with Crippen LogP contribution in [-0.4, -0.2) is 42.6 Å². The van der Waals surface area contributed by atoms with Gasteiger partial charge in [-0.15, -0.1) is 0 Å². The molecule has 0 bridgehead atoms. The maximum Gasteiger partial charge on any atom is 0.328 e. The summed E-state index contributed by atoms with van der Waals surface area (Å²) in [5, 5.41) is 4.55. The van der Waals surface area contributed by atoms with E-state index in [-0.39, 0.29) is 18.6 Å². The zero-order valence-corrected chi connectivity index (χ0v) is 13.5. The fraction of sp³-hybridized carbons (Fsp3) is 0.471. The molecule has 3 aliphatic rings. The number of anilines is 1. The van der Waals surface area contributed by atoms with Crippen molar-refractivity contribution in [2.45, 2.75) is 38.5 Å². The first-order valence-electron chi connectivity index (χ1n) is 8.10. The van der Waals surface area contributed by atoms with Gasteiger partial charge in [0, 0.05) is 12.2 Å². The molecule has 1 aromatic rings. The van der Waals surface area contributed by atoms with Gasteiger partial charge in [-0.3, -0.25) is 20.2 Å². The third kappa shape index (κ3) is 1.91. The molecule has 4 amide bonds. The molecule has 3 heterocycles. The van der Waals surface area contributed by atoms with Crippen LogP contribution in [0.5, 0.6) is 0 Å². The van der Waals surface area contributed by atoms with Crippen LogP contribution in [-0.2, 0) is 20.7 Å². The predicted molar refractivity (Wildman–Crippen MR) is 85.4 cm³/mol. The molecule has 3 aliphatic heterocycles. The van der Waals surface area contributed by atoms with E-state index < -0.39 is 29.3 Å². The predicted octanol–water partition coefficient (Wildman–Crippen LogP) is 0.577. The Morgan fingerprint density at radius 1 is 1.12 bits per heavy atom. The minimum absolute atomic E-state index is 0.0178. The van der Waals surface area contributed by atoms with E-state index >= 15 is 0 Å². The SMILES string of the molecule is CC1CN2c3ccccc3CC3(C(=O)NC(=O)NC3=O)C2C(C)O1. The quantitative estimate of drug-likeness (QED) is 0.680. The number of amides is 4. The number of imide groups is 2. The number of para-hydroxylation sites is 1. The number of fused-ring (bicyclic) bond motifs is 4. The van der Waals surface area contributed by atoms with Gasteiger partial charge in [0.1, 0.15) is 0 Å². The number of carbonyl (C=O) groups excluding carboxylic acids is 3. The van der Waals surface area contributed by atoms with Gasteiger partial charge in [-0.2, -0.15) is 0 Å². The highest BCUT2D eigenvalue weighted by atomic mass is 16.5. The van der Waals surface area contributed by atoms with Crippen LogP contribution in [0.3, 0.4) is 0 Å². The monoisotopic (exact) mass is 329 g/mol. The smallest absolute Gasteiger partial charge is 0.328 e. The molecule has 0 saturated carbocycles. The average molecular weight is 329 g/mol. The van der Waals surface area contributed by atoms with Crippen LogP contribution in [0.15, 0.2) is 24.3 Å². The number of benzene rings is 1. The highest BCUT2D eigenvalue weighted by Crippen LogP contribution is 2.46. The lowest BCUT2D eigenvalue weighted by Gasteiger charge is -2.55. The summed E-state index contributed by atoms with van der Waals surface area (Å²) in [6.07, 6.45) is -0.0974. The molecule has 2 saturated heterocycles. The van der Waals surface area contributed by atoms with Crippen molar-refractivity contribution in [2.24, 2.45) is 5.41 Å². The molecule has 3 atom stereocenters. The third-order valence-electron chi connectivity index (χ3n) is 5.22. The molecule has 1 aromatic carbocycles. The molecule has 0 aliphatic carbocycles. The maximum absolute atomic E-state index is 12.8. The highest BCUT2D eigenvalue weighted by molar-refractivity contribution is 6.20. The minimum Gasteiger partial charge on any atom is -0.372 e. The van der Waals surface area contributed by atoms with Crippen LogP contribution < -0.4 is 15.5 Å². The standard InChI is InChI=1S/C17H19N3O4/c1-9-8-20-12-6-4-3-5-11(12)7-17(13(20)10(2)24-9)14(21)18-16(23)19-15(17)22/h3-6,9-10,13H,7-8H2,1-2H3,(H2,18,19,21,22,23). The first-order chi connectivity index (χ1) is 11.4. The zero-order chi connectivity index (χ0) is 17.1. The van der Waals surface area contributed by atoms with Crippen molar-refractivity contribution in [1.82, 2.24) is 10.6 Å². The van der Waals surface area contributed by atoms with Crippen LogP contribution in [0.4, 0.5) is 10.5 Å². The van der Waals surface area contributed by atoms with Crippen LogP contribution in [0.2, 0.25) is 0 Å². The van der Waals surface area contributed by atoms with Crippen LogP contribution >= 0.6 is 0 Å². The Kier molecular flexibility index (Phi) is 3.18. The van der Waals surface area contributed by atoms with Crippen molar-refractivity contribution in [1.29, 1.82) is 0 Å². The number of hydrogen-bond acceptors (Lipinski definition) is 5. The number of urea groups is 1. The van der Waals surface area contributed by atoms with Crippen molar-refractivity contribution in [3.05, 3.63) is 29.8 Å². The second kappa shape index (κ2) is 5.04. The van der Waals surface area contributed by atoms with Gasteiger partial charge >= 0.3 is 6.03 Å². The van der Waals surface area contributed by atoms with E-state index in [1.54, 1.807) is 0 Å². The van der Waals surface area contributed by atoms with Gasteiger partial charge in [0.05, 0.1) is 18.2 Å². The van der Waals surface area contributed by atoms with Gasteiger partial charge in [0.25, 0.3) is 0 Å². The third-order valence-corrected chi connectivity index (χ3v) is 5.22. The van der Waals surface area contributed by atoms with Crippen LogP contribution in [0.25, 0.3) is 0 Å². The summed E-state index contributed by atoms with van der Waals surface area (Å²) in [6, 6.07) is 6.54. The van der Waals surface area contributed by atoms with E-state index in [0.29, 0.717) is 6.54 Å². The van der Waals surface area contributed by atoms with Gasteiger partial charge in [0.2, 0.25) is 11.8 Å². The molecule has 4 rings (SSSR count). The van der Waals surface area contributed by atoms with E-state index in [1.807, 2.05) is 38.1 Å². The molecule has 2 N–H and O–H groups in total. The van der Waals surface area contributed by atoms with Crippen molar-refractivity contribution in [2.75, 3.05) is 11.4 Å². The average Bonchev–Trinajstić information content (AvgIpc) is 2.52. The molecule has 2 fully saturated rings. The lowest BCUT2D eigenvalue weighted by Crippen LogP contribution is -2.75. The summed E-state index contributed by atoms with van der Waals surface area (Å²) in [7, 11) is 0. The summed E-state index contributed by atoms with van der Waals surface area (Å²) >= 11 is 0. The number of ether oxygens (including phenoxy) is 1. The summed E-state index contributed by atoms with van der Waals surface area (Å²) in [5.74, 6) is -1.10. The van der Waals surface area contributed by atoms with Crippen LogP contribution in [0, 0.1) is 5.41 Å². The normalized spacial score (nSPS) is 31.2. The first kappa shape index (κ1) is 15.1. The number of hydrogen-bond donors (Lipinski definition) is 2. The first-order valence-corrected chi connectivity index (χ1v) is 8.10. The number of barbiturate groups is 1. The van der Waals surface area contributed by atoms with E-state index in [0.717, 1.165) is 11.3 Å². The van der Waals surface area contributed by atoms with Gasteiger partial charge in [-0.05, 0) is 31.9 Å². The number of carbonyl (C=O) groups is 3. The summed E-state index contributed by atoms with van der Waals surface area (Å²) < 4.78 is 5.94. The molecule has 24 heavy (non-hydrogen) atoms. The molecule has 0 radical (unpaired) electrons. The number of nitrogens with zero attached hydrogens (tertiary/aromatic N) is 1. The topological polar surface area (TPSA) is 87.7 Å². The Morgan fingerprint density at radius 3 is 2.50 bits per heavy atom. The van der Waals surface area contributed by atoms with Crippen molar-refractivity contribution in [3.63, 3.8) is 0 Å². The van der Waals surface area contributed by atoms with E-state index in [9.17, 15) is 14.4 Å². The largest absolute Gasteiger partial charge is 0.372 e. The highest BCUT2D eigenvalue weighted by Gasteiger charge is 2.62. The van der Waals surface area contributed by atoms with E-state index in [1.165, 1.54) is 0 Å². The second-order valence-electron chi connectivity index (χ2n) is 6.76. The van der Waals surface area contributed by atoms with Gasteiger partial charge in [0.15, 0.2) is 5.41 Å². The Bertz CT molecular complexity index is 727. The second-order valence-corrected chi connectivity index (χ2v) is 6.76. The van der Waals surface area contributed by atoms with Crippen molar-refractivity contribution < 1.29 is 19.1 Å². The molecule has 126 valence electrons. The van der Waals surface area contributed by atoms with E-state index in [4.69, 9.17) is 4.74 Å². The lowest BCUT2D eigenvalue weighted by atomic mass is 9.66. The van der Waals surface area contributed by atoms with Crippen molar-refractivity contribution >= 4 is 23.5 Å². The molecule has 7 heteroatoms. The fourth-order valence-electron chi connectivity index (χ4n) is 4.38. The number of morpholine rings is 1. The molecule has 1 spiro atoms. The minimum atomic E-state index is -1.37. The Labute approximate surface area is 139 Å². The Hall–Kier alpha value is -2.41. The Morgan fingerprint density at radius 2 is 1.79 bits per heavy atom. The fourth-order valence-corrected chi connectivity index (χ4v) is 4.38. The Balaban J connectivity index is 1.91. The summed E-state index contributed by atoms with van der Waals surface area (Å²) in [4.78, 5) is 39.2. The molecule has 0 aromatic heterocycles. The van der Waals surface area contributed by atoms with E-state index in [2.05, 4.69) is 15.5 Å². The summed E-state index contributed by atoms with van der Waals surface area (Å²) in [6.45, 7) is 4.43. The molecule has 3 unspecified atom stereocenters. The van der Waals surface area contributed by atoms with Gasteiger partial charge < -0.3 is 9.64 Å². The number of rotatable bonds is 0. The van der Waals surface area contributed by atoms with Crippen LogP contribution in [0.1, 0.15) is 19.4 Å². The molecule has 7 nitrogen and oxygen atoms in total. The van der Waals surface area contributed by atoms with Crippen molar-refractivity contribution in [3.8, 4) is 0 Å².